The summed E-state index contributed by atoms with van der Waals surface area (Å²) in [6.07, 6.45) is 0.308. The summed E-state index contributed by atoms with van der Waals surface area (Å²) in [5.74, 6) is 0.759. The first-order chi connectivity index (χ1) is 11.5. The predicted molar refractivity (Wildman–Crippen MR) is 110 cm³/mol. The first-order valence-corrected chi connectivity index (χ1v) is 12.1. The molecule has 2 aromatic carbocycles. The van der Waals surface area contributed by atoms with Crippen LogP contribution in [-0.4, -0.2) is 13.4 Å². The Hall–Kier alpha value is -1.29. The van der Waals surface area contributed by atoms with Crippen molar-refractivity contribution in [2.75, 3.05) is 0 Å². The molecule has 0 fully saturated rings. The van der Waals surface area contributed by atoms with Gasteiger partial charge in [-0.1, -0.05) is 69.6 Å². The highest BCUT2D eigenvalue weighted by Crippen LogP contribution is 2.40. The fourth-order valence-electron chi connectivity index (χ4n) is 2.32. The van der Waals surface area contributed by atoms with Gasteiger partial charge in [-0.05, 0) is 53.4 Å². The molecule has 0 aromatic heterocycles. The Morgan fingerprint density at radius 1 is 1.04 bits per heavy atom. The molecule has 136 valence electrons. The third kappa shape index (κ3) is 4.66. The minimum Gasteiger partial charge on any atom is -0.543 e. The largest absolute Gasteiger partial charge is 0.543 e. The lowest BCUT2D eigenvalue weighted by Crippen LogP contribution is -2.43. The smallest absolute Gasteiger partial charge is 0.250 e. The quantitative estimate of drug-likeness (QED) is 0.579. The van der Waals surface area contributed by atoms with Crippen molar-refractivity contribution in [1.29, 1.82) is 0 Å². The molecular weight excluding hydrogens is 348 g/mol. The van der Waals surface area contributed by atoms with E-state index in [4.69, 9.17) is 16.0 Å². The van der Waals surface area contributed by atoms with E-state index >= 15 is 0 Å². The van der Waals surface area contributed by atoms with E-state index < -0.39 is 14.4 Å². The molecule has 0 saturated carbocycles. The van der Waals surface area contributed by atoms with Crippen LogP contribution < -0.4 is 4.43 Å². The van der Waals surface area contributed by atoms with E-state index in [1.165, 1.54) is 0 Å². The standard InChI is InChI=1S/C21H29ClO2Si/c1-7-19(23)16-10-8-15(9-11-16)17-12-13-20(18(22)14-17)24-25(5,6)21(2,3)4/h8-14,19,23H,7H2,1-6H3. The number of rotatable bonds is 5. The summed E-state index contributed by atoms with van der Waals surface area (Å²) >= 11 is 6.50. The highest BCUT2D eigenvalue weighted by Gasteiger charge is 2.39. The maximum absolute atomic E-state index is 9.91. The van der Waals surface area contributed by atoms with Crippen molar-refractivity contribution in [3.63, 3.8) is 0 Å². The summed E-state index contributed by atoms with van der Waals surface area (Å²) < 4.78 is 6.33. The van der Waals surface area contributed by atoms with Gasteiger partial charge in [-0.3, -0.25) is 0 Å². The Morgan fingerprint density at radius 3 is 2.08 bits per heavy atom. The fourth-order valence-corrected chi connectivity index (χ4v) is 3.64. The zero-order chi connectivity index (χ0) is 18.8. The van der Waals surface area contributed by atoms with Crippen LogP contribution in [-0.2, 0) is 0 Å². The third-order valence-electron chi connectivity index (χ3n) is 5.12. The van der Waals surface area contributed by atoms with Gasteiger partial charge in [0, 0.05) is 0 Å². The molecule has 1 N–H and O–H groups in total. The third-order valence-corrected chi connectivity index (χ3v) is 9.76. The zero-order valence-electron chi connectivity index (χ0n) is 16.1. The van der Waals surface area contributed by atoms with Crippen LogP contribution in [0.1, 0.15) is 45.8 Å². The summed E-state index contributed by atoms with van der Waals surface area (Å²) in [6, 6.07) is 13.9. The number of halogens is 1. The van der Waals surface area contributed by atoms with Gasteiger partial charge in [0.15, 0.2) is 0 Å². The van der Waals surface area contributed by atoms with E-state index in [0.29, 0.717) is 11.4 Å². The highest BCUT2D eigenvalue weighted by molar-refractivity contribution is 6.74. The molecule has 4 heteroatoms. The Kier molecular flexibility index (Phi) is 6.03. The molecule has 0 saturated heterocycles. The van der Waals surface area contributed by atoms with Crippen LogP contribution in [0, 0.1) is 0 Å². The first kappa shape index (κ1) is 20.0. The van der Waals surface area contributed by atoms with Crippen LogP contribution in [0.2, 0.25) is 23.2 Å². The molecule has 2 rings (SSSR count). The molecule has 0 amide bonds. The number of hydrogen-bond donors (Lipinski definition) is 1. The van der Waals surface area contributed by atoms with Crippen LogP contribution in [0.25, 0.3) is 11.1 Å². The van der Waals surface area contributed by atoms with Gasteiger partial charge < -0.3 is 9.53 Å². The molecule has 1 atom stereocenters. The number of aliphatic hydroxyl groups excluding tert-OH is 1. The van der Waals surface area contributed by atoms with Crippen LogP contribution >= 0.6 is 11.6 Å². The second kappa shape index (κ2) is 7.53. The Labute approximate surface area is 157 Å². The second-order valence-electron chi connectivity index (χ2n) is 8.05. The van der Waals surface area contributed by atoms with Crippen LogP contribution in [0.4, 0.5) is 0 Å². The van der Waals surface area contributed by atoms with Gasteiger partial charge >= 0.3 is 0 Å². The van der Waals surface area contributed by atoms with E-state index in [-0.39, 0.29) is 5.04 Å². The van der Waals surface area contributed by atoms with Gasteiger partial charge in [-0.25, -0.2) is 0 Å². The molecule has 2 aromatic rings. The molecule has 0 aliphatic carbocycles. The summed E-state index contributed by atoms with van der Waals surface area (Å²) in [5.41, 5.74) is 3.06. The first-order valence-electron chi connectivity index (χ1n) is 8.82. The summed E-state index contributed by atoms with van der Waals surface area (Å²) in [7, 11) is -1.91. The van der Waals surface area contributed by atoms with Crippen molar-refractivity contribution in [3.05, 3.63) is 53.1 Å². The molecule has 25 heavy (non-hydrogen) atoms. The van der Waals surface area contributed by atoms with Gasteiger partial charge in [0.2, 0.25) is 0 Å². The van der Waals surface area contributed by atoms with Crippen LogP contribution in [0.15, 0.2) is 42.5 Å². The number of hydrogen-bond acceptors (Lipinski definition) is 2. The molecule has 0 spiro atoms. The van der Waals surface area contributed by atoms with E-state index in [1.807, 2.05) is 49.4 Å². The molecule has 0 radical (unpaired) electrons. The molecule has 0 heterocycles. The van der Waals surface area contributed by atoms with Crippen molar-refractivity contribution in [2.24, 2.45) is 0 Å². The fraction of sp³-hybridized carbons (Fsp3) is 0.429. The molecule has 1 unspecified atom stereocenters. The van der Waals surface area contributed by atoms with Crippen molar-refractivity contribution < 1.29 is 9.53 Å². The van der Waals surface area contributed by atoms with E-state index in [0.717, 1.165) is 22.4 Å². The lowest BCUT2D eigenvalue weighted by atomic mass is 10.0. The average Bonchev–Trinajstić information content (AvgIpc) is 2.55. The zero-order valence-corrected chi connectivity index (χ0v) is 17.8. The Balaban J connectivity index is 2.25. The van der Waals surface area contributed by atoms with Crippen molar-refractivity contribution in [2.45, 2.75) is 58.4 Å². The SMILES string of the molecule is CCC(O)c1ccc(-c2ccc(O[Si](C)(C)C(C)(C)C)c(Cl)c2)cc1. The summed E-state index contributed by atoms with van der Waals surface area (Å²) in [6.45, 7) is 13.1. The van der Waals surface area contributed by atoms with Gasteiger partial charge in [0.05, 0.1) is 11.1 Å². The van der Waals surface area contributed by atoms with Crippen molar-refractivity contribution in [1.82, 2.24) is 0 Å². The average molecular weight is 377 g/mol. The maximum Gasteiger partial charge on any atom is 0.250 e. The lowest BCUT2D eigenvalue weighted by molar-refractivity contribution is 0.173. The molecule has 0 aliphatic rings. The maximum atomic E-state index is 9.91. The Morgan fingerprint density at radius 2 is 1.60 bits per heavy atom. The lowest BCUT2D eigenvalue weighted by Gasteiger charge is -2.36. The van der Waals surface area contributed by atoms with Crippen LogP contribution in [0.3, 0.4) is 0 Å². The topological polar surface area (TPSA) is 29.5 Å². The van der Waals surface area contributed by atoms with Crippen molar-refractivity contribution in [3.8, 4) is 16.9 Å². The minimum atomic E-state index is -1.91. The molecule has 0 bridgehead atoms. The monoisotopic (exact) mass is 376 g/mol. The van der Waals surface area contributed by atoms with Crippen LogP contribution in [0.5, 0.6) is 5.75 Å². The van der Waals surface area contributed by atoms with Gasteiger partial charge in [0.1, 0.15) is 5.75 Å². The van der Waals surface area contributed by atoms with Crippen molar-refractivity contribution >= 4 is 19.9 Å². The highest BCUT2D eigenvalue weighted by atomic mass is 35.5. The Bertz CT molecular complexity index is 718. The molecule has 2 nitrogen and oxygen atoms in total. The van der Waals surface area contributed by atoms with E-state index in [9.17, 15) is 5.11 Å². The molecular formula is C21H29ClO2Si. The van der Waals surface area contributed by atoms with Gasteiger partial charge in [-0.2, -0.15) is 0 Å². The second-order valence-corrected chi connectivity index (χ2v) is 13.2. The predicted octanol–water partition coefficient (Wildman–Crippen LogP) is 6.83. The number of benzene rings is 2. The summed E-state index contributed by atoms with van der Waals surface area (Å²) in [5, 5.41) is 10.7. The van der Waals surface area contributed by atoms with Gasteiger partial charge in [-0.15, -0.1) is 0 Å². The van der Waals surface area contributed by atoms with E-state index in [1.54, 1.807) is 0 Å². The van der Waals surface area contributed by atoms with E-state index in [2.05, 4.69) is 33.9 Å². The summed E-state index contributed by atoms with van der Waals surface area (Å²) in [4.78, 5) is 0. The number of aliphatic hydroxyl groups is 1. The van der Waals surface area contributed by atoms with Gasteiger partial charge in [0.25, 0.3) is 8.32 Å². The molecule has 0 aliphatic heterocycles. The minimum absolute atomic E-state index is 0.130. The normalized spacial score (nSPS) is 13.6.